The van der Waals surface area contributed by atoms with Crippen LogP contribution in [0.2, 0.25) is 0 Å². The van der Waals surface area contributed by atoms with Gasteiger partial charge < -0.3 is 5.32 Å². The van der Waals surface area contributed by atoms with E-state index in [9.17, 15) is 13.6 Å². The first-order valence-corrected chi connectivity index (χ1v) is 6.97. The van der Waals surface area contributed by atoms with Crippen LogP contribution < -0.4 is 5.32 Å². The summed E-state index contributed by atoms with van der Waals surface area (Å²) >= 11 is 0. The number of nitrogens with zero attached hydrogens (tertiary/aromatic N) is 1. The van der Waals surface area contributed by atoms with Crippen molar-refractivity contribution in [3.8, 4) is 0 Å². The Hall–Kier alpha value is -2.27. The summed E-state index contributed by atoms with van der Waals surface area (Å²) in [4.78, 5) is 13.5. The standard InChI is InChI=1S/C17H18F2N2O/c1-21(11-14-7-8-15(18)9-16(14)19)12-17(22)20-10-13-5-3-2-4-6-13/h2-9H,10-12H2,1H3,(H,20,22). The lowest BCUT2D eigenvalue weighted by Gasteiger charge is -2.16. The molecule has 0 fully saturated rings. The molecule has 2 aromatic carbocycles. The largest absolute Gasteiger partial charge is 0.351 e. The van der Waals surface area contributed by atoms with Gasteiger partial charge in [-0.3, -0.25) is 9.69 Å². The van der Waals surface area contributed by atoms with Gasteiger partial charge in [0.15, 0.2) is 0 Å². The second kappa shape index (κ2) is 7.66. The molecule has 0 spiro atoms. The first-order valence-electron chi connectivity index (χ1n) is 6.97. The lowest BCUT2D eigenvalue weighted by molar-refractivity contribution is -0.122. The third-order valence-corrected chi connectivity index (χ3v) is 3.20. The van der Waals surface area contributed by atoms with Gasteiger partial charge in [0.05, 0.1) is 6.54 Å². The van der Waals surface area contributed by atoms with E-state index >= 15 is 0 Å². The molecule has 0 atom stereocenters. The van der Waals surface area contributed by atoms with E-state index in [1.807, 2.05) is 30.3 Å². The minimum Gasteiger partial charge on any atom is -0.351 e. The molecule has 22 heavy (non-hydrogen) atoms. The van der Waals surface area contributed by atoms with Crippen LogP contribution in [0.1, 0.15) is 11.1 Å². The van der Waals surface area contributed by atoms with Crippen molar-refractivity contribution >= 4 is 5.91 Å². The number of halogens is 2. The average molecular weight is 304 g/mol. The van der Waals surface area contributed by atoms with Crippen LogP contribution in [0.3, 0.4) is 0 Å². The summed E-state index contributed by atoms with van der Waals surface area (Å²) in [5, 5.41) is 2.81. The van der Waals surface area contributed by atoms with Gasteiger partial charge in [-0.15, -0.1) is 0 Å². The maximum Gasteiger partial charge on any atom is 0.234 e. The van der Waals surface area contributed by atoms with Crippen LogP contribution in [0.5, 0.6) is 0 Å². The third-order valence-electron chi connectivity index (χ3n) is 3.20. The fourth-order valence-corrected chi connectivity index (χ4v) is 2.09. The highest BCUT2D eigenvalue weighted by Crippen LogP contribution is 2.11. The Kier molecular flexibility index (Phi) is 5.61. The zero-order valence-corrected chi connectivity index (χ0v) is 12.4. The van der Waals surface area contributed by atoms with E-state index < -0.39 is 11.6 Å². The monoisotopic (exact) mass is 304 g/mol. The van der Waals surface area contributed by atoms with Gasteiger partial charge in [0.2, 0.25) is 5.91 Å². The van der Waals surface area contributed by atoms with Gasteiger partial charge in [-0.1, -0.05) is 36.4 Å². The molecule has 0 saturated carbocycles. The van der Waals surface area contributed by atoms with E-state index in [1.165, 1.54) is 12.1 Å². The molecule has 3 nitrogen and oxygen atoms in total. The summed E-state index contributed by atoms with van der Waals surface area (Å²) in [6.45, 7) is 0.840. The maximum atomic E-state index is 13.6. The van der Waals surface area contributed by atoms with Crippen LogP contribution in [0, 0.1) is 11.6 Å². The number of hydrogen-bond donors (Lipinski definition) is 1. The Morgan fingerprint density at radius 1 is 1.14 bits per heavy atom. The van der Waals surface area contributed by atoms with Crippen LogP contribution >= 0.6 is 0 Å². The van der Waals surface area contributed by atoms with Gasteiger partial charge in [-0.25, -0.2) is 8.78 Å². The number of benzene rings is 2. The van der Waals surface area contributed by atoms with Crippen molar-refractivity contribution in [1.82, 2.24) is 10.2 Å². The summed E-state index contributed by atoms with van der Waals surface area (Å²) in [5.41, 5.74) is 1.38. The van der Waals surface area contributed by atoms with Gasteiger partial charge in [0.1, 0.15) is 11.6 Å². The molecule has 0 aliphatic rings. The molecule has 0 unspecified atom stereocenters. The van der Waals surface area contributed by atoms with Crippen molar-refractivity contribution in [2.45, 2.75) is 13.1 Å². The van der Waals surface area contributed by atoms with E-state index in [0.717, 1.165) is 11.6 Å². The summed E-state index contributed by atoms with van der Waals surface area (Å²) in [5.74, 6) is -1.35. The lowest BCUT2D eigenvalue weighted by atomic mass is 10.2. The van der Waals surface area contributed by atoms with Crippen molar-refractivity contribution in [2.75, 3.05) is 13.6 Å². The molecule has 0 aromatic heterocycles. The number of carbonyl (C=O) groups is 1. The van der Waals surface area contributed by atoms with Crippen molar-refractivity contribution < 1.29 is 13.6 Å². The summed E-state index contributed by atoms with van der Waals surface area (Å²) < 4.78 is 26.4. The fourth-order valence-electron chi connectivity index (χ4n) is 2.09. The van der Waals surface area contributed by atoms with Crippen LogP contribution in [0.25, 0.3) is 0 Å². The van der Waals surface area contributed by atoms with E-state index in [4.69, 9.17) is 0 Å². The first kappa shape index (κ1) is 16.1. The smallest absolute Gasteiger partial charge is 0.234 e. The average Bonchev–Trinajstić information content (AvgIpc) is 2.49. The third kappa shape index (κ3) is 4.93. The van der Waals surface area contributed by atoms with Crippen LogP contribution in [0.15, 0.2) is 48.5 Å². The van der Waals surface area contributed by atoms with Gasteiger partial charge in [0.25, 0.3) is 0 Å². The van der Waals surface area contributed by atoms with E-state index in [2.05, 4.69) is 5.32 Å². The SMILES string of the molecule is CN(CC(=O)NCc1ccccc1)Cc1ccc(F)cc1F. The highest BCUT2D eigenvalue weighted by atomic mass is 19.1. The van der Waals surface area contributed by atoms with Crippen LogP contribution in [-0.2, 0) is 17.9 Å². The molecule has 1 N–H and O–H groups in total. The zero-order valence-electron chi connectivity index (χ0n) is 12.4. The lowest BCUT2D eigenvalue weighted by Crippen LogP contribution is -2.34. The van der Waals surface area contributed by atoms with Crippen LogP contribution in [0.4, 0.5) is 8.78 Å². The van der Waals surface area contributed by atoms with Crippen molar-refractivity contribution in [3.63, 3.8) is 0 Å². The number of rotatable bonds is 6. The Morgan fingerprint density at radius 2 is 1.86 bits per heavy atom. The van der Waals surface area contributed by atoms with Crippen molar-refractivity contribution in [3.05, 3.63) is 71.3 Å². The molecule has 5 heteroatoms. The number of amides is 1. The van der Waals surface area contributed by atoms with Gasteiger partial charge in [-0.05, 0) is 18.7 Å². The summed E-state index contributed by atoms with van der Waals surface area (Å²) in [7, 11) is 1.71. The minimum absolute atomic E-state index is 0.143. The fraction of sp³-hybridized carbons (Fsp3) is 0.235. The Labute approximate surface area is 128 Å². The van der Waals surface area contributed by atoms with Crippen molar-refractivity contribution in [1.29, 1.82) is 0 Å². The number of hydrogen-bond acceptors (Lipinski definition) is 2. The topological polar surface area (TPSA) is 32.3 Å². The molecular formula is C17H18F2N2O. The Morgan fingerprint density at radius 3 is 2.55 bits per heavy atom. The Balaban J connectivity index is 1.81. The minimum atomic E-state index is -0.607. The van der Waals surface area contributed by atoms with E-state index in [1.54, 1.807) is 11.9 Å². The zero-order chi connectivity index (χ0) is 15.9. The first-order chi connectivity index (χ1) is 10.5. The highest BCUT2D eigenvalue weighted by molar-refractivity contribution is 5.77. The number of carbonyl (C=O) groups excluding carboxylic acids is 1. The molecule has 0 aliphatic carbocycles. The Bertz CT molecular complexity index is 632. The number of likely N-dealkylation sites (N-methyl/N-ethyl adjacent to an activating group) is 1. The molecule has 2 aromatic rings. The summed E-state index contributed by atoms with van der Waals surface area (Å²) in [6, 6.07) is 13.0. The summed E-state index contributed by atoms with van der Waals surface area (Å²) in [6.07, 6.45) is 0. The van der Waals surface area contributed by atoms with Gasteiger partial charge in [-0.2, -0.15) is 0 Å². The molecule has 116 valence electrons. The predicted octanol–water partition coefficient (Wildman–Crippen LogP) is 2.71. The molecule has 0 radical (unpaired) electrons. The van der Waals surface area contributed by atoms with Gasteiger partial charge in [0, 0.05) is 24.7 Å². The van der Waals surface area contributed by atoms with Gasteiger partial charge >= 0.3 is 0 Å². The molecule has 0 bridgehead atoms. The molecule has 1 amide bonds. The predicted molar refractivity (Wildman–Crippen MR) is 81.0 cm³/mol. The molecule has 0 heterocycles. The van der Waals surface area contributed by atoms with E-state index in [0.29, 0.717) is 12.1 Å². The molecule has 2 rings (SSSR count). The molecule has 0 aliphatic heterocycles. The molecule has 0 saturated heterocycles. The maximum absolute atomic E-state index is 13.6. The van der Waals surface area contributed by atoms with Crippen molar-refractivity contribution in [2.24, 2.45) is 0 Å². The van der Waals surface area contributed by atoms with E-state index in [-0.39, 0.29) is 19.0 Å². The highest BCUT2D eigenvalue weighted by Gasteiger charge is 2.10. The second-order valence-corrected chi connectivity index (χ2v) is 5.17. The quantitative estimate of drug-likeness (QED) is 0.890. The molecular weight excluding hydrogens is 286 g/mol. The second-order valence-electron chi connectivity index (χ2n) is 5.17. The van der Waals surface area contributed by atoms with Crippen LogP contribution in [-0.4, -0.2) is 24.4 Å². The number of nitrogens with one attached hydrogen (secondary N) is 1. The normalized spacial score (nSPS) is 10.7.